The van der Waals surface area contributed by atoms with E-state index in [1.54, 1.807) is 32.9 Å². The first-order chi connectivity index (χ1) is 16.8. The number of carbonyl (C=O) groups is 2. The van der Waals surface area contributed by atoms with Gasteiger partial charge in [-0.3, -0.25) is 4.79 Å². The van der Waals surface area contributed by atoms with Gasteiger partial charge in [-0.1, -0.05) is 24.3 Å². The van der Waals surface area contributed by atoms with Gasteiger partial charge in [-0.25, -0.2) is 4.79 Å². The highest BCUT2D eigenvalue weighted by molar-refractivity contribution is 5.97. The zero-order valence-corrected chi connectivity index (χ0v) is 20.4. The number of ether oxygens (including phenoxy) is 3. The number of rotatable bonds is 8. The molecule has 0 aliphatic carbocycles. The van der Waals surface area contributed by atoms with Crippen molar-refractivity contribution in [3.8, 4) is 5.75 Å². The van der Waals surface area contributed by atoms with Crippen LogP contribution in [-0.2, 0) is 20.7 Å². The Morgan fingerprint density at radius 1 is 1.17 bits per heavy atom. The molecule has 1 fully saturated rings. The predicted molar refractivity (Wildman–Crippen MR) is 135 cm³/mol. The lowest BCUT2D eigenvalue weighted by atomic mass is 10.0. The molecule has 0 radical (unpaired) electrons. The van der Waals surface area contributed by atoms with Gasteiger partial charge in [-0.15, -0.1) is 0 Å². The van der Waals surface area contributed by atoms with Gasteiger partial charge in [0.1, 0.15) is 24.0 Å². The second kappa shape index (κ2) is 10.8. The second-order valence-electron chi connectivity index (χ2n) is 9.73. The average Bonchev–Trinajstić information content (AvgIpc) is 3.46. The Bertz CT molecular complexity index is 1160. The van der Waals surface area contributed by atoms with E-state index >= 15 is 0 Å². The molecule has 1 unspecified atom stereocenters. The number of alkyl carbamates (subject to hydrolysis) is 1. The summed E-state index contributed by atoms with van der Waals surface area (Å²) in [5.74, 6) is 0.295. The van der Waals surface area contributed by atoms with E-state index < -0.39 is 17.7 Å². The number of aromatic nitrogens is 1. The molecule has 3 N–H and O–H groups in total. The summed E-state index contributed by atoms with van der Waals surface area (Å²) in [6, 6.07) is 14.2. The van der Waals surface area contributed by atoms with E-state index in [2.05, 4.69) is 15.6 Å². The quantitative estimate of drug-likeness (QED) is 0.431. The molecule has 3 aromatic rings. The number of H-pyrrole nitrogens is 1. The summed E-state index contributed by atoms with van der Waals surface area (Å²) < 4.78 is 16.9. The molecule has 8 nitrogen and oxygen atoms in total. The van der Waals surface area contributed by atoms with Crippen molar-refractivity contribution in [1.29, 1.82) is 0 Å². The maximum absolute atomic E-state index is 13.3. The molecule has 0 bridgehead atoms. The van der Waals surface area contributed by atoms with Gasteiger partial charge in [-0.05, 0) is 57.4 Å². The molecule has 1 aliphatic heterocycles. The van der Waals surface area contributed by atoms with Gasteiger partial charge in [0, 0.05) is 41.9 Å². The van der Waals surface area contributed by atoms with Crippen molar-refractivity contribution in [2.24, 2.45) is 0 Å². The topological polar surface area (TPSA) is 102 Å². The van der Waals surface area contributed by atoms with Crippen molar-refractivity contribution in [3.05, 3.63) is 60.3 Å². The third-order valence-electron chi connectivity index (χ3n) is 5.67. The second-order valence-corrected chi connectivity index (χ2v) is 9.73. The number of hydrogen-bond acceptors (Lipinski definition) is 5. The van der Waals surface area contributed by atoms with Crippen molar-refractivity contribution in [1.82, 2.24) is 10.3 Å². The number of anilines is 1. The third-order valence-corrected chi connectivity index (χ3v) is 5.67. The summed E-state index contributed by atoms with van der Waals surface area (Å²) in [6.45, 7) is 6.59. The summed E-state index contributed by atoms with van der Waals surface area (Å²) in [5, 5.41) is 6.65. The molecule has 0 spiro atoms. The molecule has 186 valence electrons. The van der Waals surface area contributed by atoms with Gasteiger partial charge in [0.2, 0.25) is 5.91 Å². The van der Waals surface area contributed by atoms with Crippen LogP contribution >= 0.6 is 0 Å². The Balaban J connectivity index is 1.47. The van der Waals surface area contributed by atoms with Gasteiger partial charge in [-0.2, -0.15) is 0 Å². The van der Waals surface area contributed by atoms with E-state index in [0.29, 0.717) is 24.5 Å². The average molecular weight is 480 g/mol. The van der Waals surface area contributed by atoms with Crippen LogP contribution in [0.25, 0.3) is 10.9 Å². The number of nitrogens with one attached hydrogen (secondary N) is 3. The van der Waals surface area contributed by atoms with Crippen LogP contribution in [0.2, 0.25) is 0 Å². The molecule has 1 aromatic heterocycles. The highest BCUT2D eigenvalue weighted by Gasteiger charge is 2.26. The number of amides is 2. The van der Waals surface area contributed by atoms with E-state index in [1.807, 2.05) is 42.6 Å². The van der Waals surface area contributed by atoms with Crippen LogP contribution in [0.15, 0.2) is 54.7 Å². The Hall–Kier alpha value is -3.52. The maximum atomic E-state index is 13.3. The highest BCUT2D eigenvalue weighted by Crippen LogP contribution is 2.22. The third kappa shape index (κ3) is 6.99. The van der Waals surface area contributed by atoms with Crippen LogP contribution < -0.4 is 15.4 Å². The molecule has 2 heterocycles. The van der Waals surface area contributed by atoms with Gasteiger partial charge in [0.05, 0.1) is 6.10 Å². The van der Waals surface area contributed by atoms with Gasteiger partial charge in [0.15, 0.2) is 0 Å². The molecular formula is C27H33N3O5. The summed E-state index contributed by atoms with van der Waals surface area (Å²) in [6.07, 6.45) is 3.65. The highest BCUT2D eigenvalue weighted by atomic mass is 16.6. The fourth-order valence-corrected chi connectivity index (χ4v) is 4.04. The zero-order valence-electron chi connectivity index (χ0n) is 20.4. The number of fused-ring (bicyclic) bond motifs is 1. The molecule has 35 heavy (non-hydrogen) atoms. The number of para-hydroxylation sites is 1. The van der Waals surface area contributed by atoms with Crippen molar-refractivity contribution >= 4 is 28.6 Å². The van der Waals surface area contributed by atoms with Gasteiger partial charge in [0.25, 0.3) is 0 Å². The van der Waals surface area contributed by atoms with Gasteiger partial charge >= 0.3 is 6.09 Å². The molecule has 1 saturated heterocycles. The monoisotopic (exact) mass is 479 g/mol. The molecular weight excluding hydrogens is 446 g/mol. The van der Waals surface area contributed by atoms with Crippen LogP contribution in [0.1, 0.15) is 39.2 Å². The van der Waals surface area contributed by atoms with E-state index in [9.17, 15) is 9.59 Å². The van der Waals surface area contributed by atoms with Crippen LogP contribution in [0.5, 0.6) is 5.75 Å². The Kier molecular flexibility index (Phi) is 7.60. The Morgan fingerprint density at radius 3 is 2.77 bits per heavy atom. The summed E-state index contributed by atoms with van der Waals surface area (Å²) in [5.41, 5.74) is 1.79. The summed E-state index contributed by atoms with van der Waals surface area (Å²) in [7, 11) is 0. The van der Waals surface area contributed by atoms with Crippen molar-refractivity contribution in [2.75, 3.05) is 18.5 Å². The first-order valence-electron chi connectivity index (χ1n) is 12.0. The van der Waals surface area contributed by atoms with E-state index in [4.69, 9.17) is 14.2 Å². The lowest BCUT2D eigenvalue weighted by Crippen LogP contribution is -2.47. The summed E-state index contributed by atoms with van der Waals surface area (Å²) >= 11 is 0. The molecule has 0 saturated carbocycles. The fourth-order valence-electron chi connectivity index (χ4n) is 4.04. The molecule has 1 aliphatic rings. The van der Waals surface area contributed by atoms with Crippen molar-refractivity contribution in [2.45, 2.75) is 57.8 Å². The van der Waals surface area contributed by atoms with Crippen molar-refractivity contribution in [3.63, 3.8) is 0 Å². The number of carbonyl (C=O) groups excluding carboxylic acids is 2. The first-order valence-corrected chi connectivity index (χ1v) is 12.0. The Labute approximate surface area is 205 Å². The normalized spacial score (nSPS) is 16.6. The standard InChI is InChI=1S/C27H33N3O5/c1-27(2,3)35-26(32)30-24(14-18-16-28-23-12-5-4-11-22(18)23)25(31)29-19-8-6-9-20(15-19)34-17-21-10-7-13-33-21/h4-6,8-9,11-12,15-16,21,24,28H,7,10,13-14,17H2,1-3H3,(H,29,31)(H,30,32)/t21?,24-/m0/s1. The largest absolute Gasteiger partial charge is 0.491 e. The molecule has 2 aromatic carbocycles. The lowest BCUT2D eigenvalue weighted by molar-refractivity contribution is -0.118. The van der Waals surface area contributed by atoms with E-state index in [0.717, 1.165) is 35.9 Å². The zero-order chi connectivity index (χ0) is 24.8. The number of benzene rings is 2. The fraction of sp³-hybridized carbons (Fsp3) is 0.407. The van der Waals surface area contributed by atoms with Gasteiger partial charge < -0.3 is 29.8 Å². The molecule has 4 rings (SSSR count). The first kappa shape index (κ1) is 24.6. The Morgan fingerprint density at radius 2 is 2.00 bits per heavy atom. The van der Waals surface area contributed by atoms with Crippen LogP contribution in [0.3, 0.4) is 0 Å². The maximum Gasteiger partial charge on any atom is 0.408 e. The van der Waals surface area contributed by atoms with Crippen molar-refractivity contribution < 1.29 is 23.8 Å². The molecule has 8 heteroatoms. The van der Waals surface area contributed by atoms with Crippen LogP contribution in [0, 0.1) is 0 Å². The number of aromatic amines is 1. The van der Waals surface area contributed by atoms with Crippen LogP contribution in [-0.4, -0.2) is 47.9 Å². The minimum Gasteiger partial charge on any atom is -0.491 e. The molecule has 2 amide bonds. The smallest absolute Gasteiger partial charge is 0.408 e. The summed E-state index contributed by atoms with van der Waals surface area (Å²) in [4.78, 5) is 29.0. The number of hydrogen-bond donors (Lipinski definition) is 3. The van der Waals surface area contributed by atoms with E-state index in [-0.39, 0.29) is 12.0 Å². The predicted octanol–water partition coefficient (Wildman–Crippen LogP) is 4.80. The lowest BCUT2D eigenvalue weighted by Gasteiger charge is -2.23. The molecule has 2 atom stereocenters. The minimum atomic E-state index is -0.847. The van der Waals surface area contributed by atoms with E-state index in [1.165, 1.54) is 0 Å². The SMILES string of the molecule is CC(C)(C)OC(=O)N[C@@H](Cc1c[nH]c2ccccc12)C(=O)Nc1cccc(OCC2CCCO2)c1. The minimum absolute atomic E-state index is 0.104. The van der Waals surface area contributed by atoms with Crippen LogP contribution in [0.4, 0.5) is 10.5 Å².